The number of anilines is 1. The fourth-order valence-corrected chi connectivity index (χ4v) is 4.65. The molecule has 0 bridgehead atoms. The number of hydrogen-bond acceptors (Lipinski definition) is 6. The molecule has 0 aliphatic carbocycles. The van der Waals surface area contributed by atoms with Crippen molar-refractivity contribution in [3.05, 3.63) is 42.2 Å². The van der Waals surface area contributed by atoms with E-state index in [1.165, 1.54) is 35.5 Å². The van der Waals surface area contributed by atoms with Gasteiger partial charge >= 0.3 is 0 Å². The average Bonchev–Trinajstić information content (AvgIpc) is 3.19. The van der Waals surface area contributed by atoms with Gasteiger partial charge in [-0.25, -0.2) is 8.42 Å². The van der Waals surface area contributed by atoms with Crippen LogP contribution < -0.4 is 5.32 Å². The largest absolute Gasteiger partial charge is 0.340 e. The van der Waals surface area contributed by atoms with Gasteiger partial charge in [-0.1, -0.05) is 0 Å². The van der Waals surface area contributed by atoms with Crippen LogP contribution >= 0.6 is 0 Å². The van der Waals surface area contributed by atoms with Crippen molar-refractivity contribution < 1.29 is 18.0 Å². The summed E-state index contributed by atoms with van der Waals surface area (Å²) >= 11 is 0. The number of rotatable bonds is 7. The summed E-state index contributed by atoms with van der Waals surface area (Å²) < 4.78 is 28.8. The van der Waals surface area contributed by atoms with Gasteiger partial charge in [-0.15, -0.1) is 0 Å². The van der Waals surface area contributed by atoms with Crippen molar-refractivity contribution in [3.8, 4) is 0 Å². The molecule has 1 aromatic heterocycles. The molecule has 168 valence electrons. The number of likely N-dealkylation sites (N-methyl/N-ethyl adjacent to an activating group) is 1. The lowest BCUT2D eigenvalue weighted by Gasteiger charge is -2.33. The second-order valence-corrected chi connectivity index (χ2v) is 9.62. The Balaban J connectivity index is 1.61. The predicted octanol–water partition coefficient (Wildman–Crippen LogP) is 0.550. The van der Waals surface area contributed by atoms with Crippen LogP contribution in [0.3, 0.4) is 0 Å². The van der Waals surface area contributed by atoms with Crippen LogP contribution in [0.2, 0.25) is 0 Å². The summed E-state index contributed by atoms with van der Waals surface area (Å²) in [7, 11) is 0.272. The summed E-state index contributed by atoms with van der Waals surface area (Å²) in [4.78, 5) is 27.7. The number of nitrogens with zero attached hydrogens (tertiary/aromatic N) is 5. The molecule has 1 saturated heterocycles. The van der Waals surface area contributed by atoms with E-state index in [0.717, 1.165) is 6.54 Å². The molecule has 1 aromatic carbocycles. The molecule has 2 amide bonds. The minimum absolute atomic E-state index is 0.0596. The maximum absolute atomic E-state index is 12.9. The summed E-state index contributed by atoms with van der Waals surface area (Å²) in [5.41, 5.74) is 0.921. The third-order valence-corrected chi connectivity index (χ3v) is 7.02. The van der Waals surface area contributed by atoms with Crippen LogP contribution in [0.25, 0.3) is 0 Å². The van der Waals surface area contributed by atoms with E-state index >= 15 is 0 Å². The van der Waals surface area contributed by atoms with E-state index in [4.69, 9.17) is 0 Å². The predicted molar refractivity (Wildman–Crippen MR) is 116 cm³/mol. The van der Waals surface area contributed by atoms with Crippen LogP contribution in [0.15, 0.2) is 41.6 Å². The van der Waals surface area contributed by atoms with Gasteiger partial charge in [0.2, 0.25) is 15.9 Å². The highest BCUT2D eigenvalue weighted by Crippen LogP contribution is 2.19. The zero-order valence-electron chi connectivity index (χ0n) is 18.0. The summed E-state index contributed by atoms with van der Waals surface area (Å²) in [6.07, 6.45) is 3.33. The van der Waals surface area contributed by atoms with Crippen LogP contribution in [0, 0.1) is 0 Å². The molecule has 0 saturated carbocycles. The lowest BCUT2D eigenvalue weighted by atomic mass is 10.2. The van der Waals surface area contributed by atoms with Crippen LogP contribution in [0.4, 0.5) is 5.69 Å². The molecule has 1 aliphatic rings. The minimum Gasteiger partial charge on any atom is -0.340 e. The number of piperazine rings is 1. The minimum atomic E-state index is -3.68. The first-order chi connectivity index (χ1) is 14.7. The van der Waals surface area contributed by atoms with E-state index < -0.39 is 10.0 Å². The van der Waals surface area contributed by atoms with Crippen molar-refractivity contribution in [2.45, 2.75) is 18.4 Å². The first-order valence-electron chi connectivity index (χ1n) is 10.0. The highest BCUT2D eigenvalue weighted by Gasteiger charge is 2.29. The van der Waals surface area contributed by atoms with E-state index in [0.29, 0.717) is 30.9 Å². The second kappa shape index (κ2) is 9.58. The van der Waals surface area contributed by atoms with Crippen LogP contribution in [0.5, 0.6) is 0 Å². The van der Waals surface area contributed by atoms with Gasteiger partial charge in [0, 0.05) is 51.4 Å². The van der Waals surface area contributed by atoms with Gasteiger partial charge in [-0.3, -0.25) is 14.3 Å². The van der Waals surface area contributed by atoms with Crippen molar-refractivity contribution >= 4 is 27.5 Å². The molecular weight excluding hydrogens is 420 g/mol. The molecule has 11 heteroatoms. The molecule has 0 unspecified atom stereocenters. The third-order valence-electron chi connectivity index (χ3n) is 5.11. The van der Waals surface area contributed by atoms with Gasteiger partial charge in [0.05, 0.1) is 23.3 Å². The van der Waals surface area contributed by atoms with E-state index in [-0.39, 0.29) is 29.8 Å². The normalized spacial score (nSPS) is 15.3. The maximum atomic E-state index is 12.9. The smallest absolute Gasteiger partial charge is 0.255 e. The number of carbonyl (C=O) groups is 2. The molecule has 0 spiro atoms. The molecule has 0 radical (unpaired) electrons. The van der Waals surface area contributed by atoms with E-state index in [1.807, 2.05) is 19.0 Å². The van der Waals surface area contributed by atoms with Crippen LogP contribution in [-0.4, -0.2) is 90.9 Å². The zero-order chi connectivity index (χ0) is 22.6. The monoisotopic (exact) mass is 448 g/mol. The quantitative estimate of drug-likeness (QED) is 0.663. The Bertz CT molecular complexity index is 1020. The van der Waals surface area contributed by atoms with E-state index in [2.05, 4.69) is 10.4 Å². The van der Waals surface area contributed by atoms with Gasteiger partial charge in [0.1, 0.15) is 0 Å². The maximum Gasteiger partial charge on any atom is 0.255 e. The van der Waals surface area contributed by atoms with Crippen molar-refractivity contribution in [2.75, 3.05) is 52.1 Å². The number of sulfonamides is 1. The summed E-state index contributed by atoms with van der Waals surface area (Å²) in [6.45, 7) is 4.26. The van der Waals surface area contributed by atoms with Gasteiger partial charge in [0.25, 0.3) is 5.91 Å². The van der Waals surface area contributed by atoms with E-state index in [9.17, 15) is 18.0 Å². The molecule has 1 N–H and O–H groups in total. The molecule has 31 heavy (non-hydrogen) atoms. The summed E-state index contributed by atoms with van der Waals surface area (Å²) in [5.74, 6) is -0.401. The number of nitrogens with one attached hydrogen (secondary N) is 1. The summed E-state index contributed by atoms with van der Waals surface area (Å²) in [6, 6.07) is 5.85. The number of carbonyl (C=O) groups excluding carboxylic acids is 2. The van der Waals surface area contributed by atoms with Gasteiger partial charge in [-0.2, -0.15) is 9.40 Å². The van der Waals surface area contributed by atoms with Crippen molar-refractivity contribution in [1.82, 2.24) is 23.9 Å². The Kier molecular flexibility index (Phi) is 7.08. The lowest BCUT2D eigenvalue weighted by molar-refractivity contribution is -0.129. The Hall–Kier alpha value is -2.76. The molecule has 10 nitrogen and oxygen atoms in total. The fraction of sp³-hybridized carbons (Fsp3) is 0.450. The van der Waals surface area contributed by atoms with Gasteiger partial charge in [-0.05, 0) is 38.4 Å². The third kappa shape index (κ3) is 5.69. The molecule has 0 atom stereocenters. The highest BCUT2D eigenvalue weighted by atomic mass is 32.2. The number of benzene rings is 1. The van der Waals surface area contributed by atoms with Gasteiger partial charge in [0.15, 0.2) is 0 Å². The SMILES string of the molecule is CC(=O)N1CCN(S(=O)(=O)c2ccc(C(=O)Nc3cnn(CCN(C)C)c3)cc2)CC1. The zero-order valence-corrected chi connectivity index (χ0v) is 18.8. The highest BCUT2D eigenvalue weighted by molar-refractivity contribution is 7.89. The molecule has 2 aromatic rings. The first kappa shape index (κ1) is 22.9. The van der Waals surface area contributed by atoms with E-state index in [1.54, 1.807) is 22.0 Å². The standard InChI is InChI=1S/C20H28N6O4S/c1-16(27)24-9-12-26(13-10-24)31(29,30)19-6-4-17(5-7-19)20(28)22-18-14-21-25(15-18)11-8-23(2)3/h4-7,14-15H,8-13H2,1-3H3,(H,22,28). The lowest BCUT2D eigenvalue weighted by Crippen LogP contribution is -2.49. The molecule has 1 fully saturated rings. The van der Waals surface area contributed by atoms with Crippen molar-refractivity contribution in [1.29, 1.82) is 0 Å². The number of amides is 2. The van der Waals surface area contributed by atoms with Crippen molar-refractivity contribution in [2.24, 2.45) is 0 Å². The molecule has 3 rings (SSSR count). The Morgan fingerprint density at radius 3 is 2.32 bits per heavy atom. The molecule has 2 heterocycles. The van der Waals surface area contributed by atoms with Crippen LogP contribution in [0.1, 0.15) is 17.3 Å². The first-order valence-corrected chi connectivity index (χ1v) is 11.4. The Morgan fingerprint density at radius 2 is 1.74 bits per heavy atom. The Labute approximate surface area is 182 Å². The van der Waals surface area contributed by atoms with Crippen molar-refractivity contribution in [3.63, 3.8) is 0 Å². The Morgan fingerprint density at radius 1 is 1.10 bits per heavy atom. The number of aromatic nitrogens is 2. The van der Waals surface area contributed by atoms with Gasteiger partial charge < -0.3 is 15.1 Å². The van der Waals surface area contributed by atoms with Crippen LogP contribution in [-0.2, 0) is 21.4 Å². The number of hydrogen-bond donors (Lipinski definition) is 1. The fourth-order valence-electron chi connectivity index (χ4n) is 3.23. The summed E-state index contributed by atoms with van der Waals surface area (Å²) in [5, 5.41) is 6.99. The molecule has 1 aliphatic heterocycles. The second-order valence-electron chi connectivity index (χ2n) is 7.68. The average molecular weight is 449 g/mol. The topological polar surface area (TPSA) is 108 Å². The molecular formula is C20H28N6O4S.